The molecule has 0 spiro atoms. The molecular formula is C17H25ClO. The van der Waals surface area contributed by atoms with E-state index in [0.29, 0.717) is 5.92 Å². The van der Waals surface area contributed by atoms with Crippen molar-refractivity contribution in [3.63, 3.8) is 0 Å². The van der Waals surface area contributed by atoms with Crippen LogP contribution in [0.1, 0.15) is 57.6 Å². The van der Waals surface area contributed by atoms with Crippen LogP contribution in [0, 0.1) is 12.3 Å². The van der Waals surface area contributed by atoms with Crippen LogP contribution in [0.15, 0.2) is 18.2 Å². The molecule has 0 radical (unpaired) electrons. The van der Waals surface area contributed by atoms with Crippen LogP contribution in [0.4, 0.5) is 0 Å². The van der Waals surface area contributed by atoms with E-state index in [1.54, 1.807) is 0 Å². The number of hydrogen-bond donors (Lipinski definition) is 0. The fourth-order valence-electron chi connectivity index (χ4n) is 2.66. The normalized spacial score (nSPS) is 30.3. The fraction of sp³-hybridized carbons (Fsp3) is 0.647. The molecule has 0 heterocycles. The Morgan fingerprint density at radius 1 is 1.42 bits per heavy atom. The van der Waals surface area contributed by atoms with Crippen LogP contribution in [0.25, 0.3) is 0 Å². The Morgan fingerprint density at radius 2 is 2.11 bits per heavy atom. The Morgan fingerprint density at radius 3 is 2.63 bits per heavy atom. The summed E-state index contributed by atoms with van der Waals surface area (Å²) in [5.74, 6) is 1.56. The molecule has 0 N–H and O–H groups in total. The van der Waals surface area contributed by atoms with Gasteiger partial charge in [0.15, 0.2) is 0 Å². The fourth-order valence-corrected chi connectivity index (χ4v) is 3.11. The first-order chi connectivity index (χ1) is 8.88. The van der Waals surface area contributed by atoms with E-state index in [4.69, 9.17) is 16.3 Å². The lowest BCUT2D eigenvalue weighted by molar-refractivity contribution is -0.0299. The standard InChI is InChI=1S/C17H25ClO/c1-6-17(5)15(18)10-16(17)19-14-9-13(11(2)3)8-7-12(14)4/h7-9,11,15-16H,6,10H2,1-5H3. The summed E-state index contributed by atoms with van der Waals surface area (Å²) in [6.45, 7) is 11.0. The second-order valence-corrected chi connectivity index (χ2v) is 6.88. The topological polar surface area (TPSA) is 9.23 Å². The van der Waals surface area contributed by atoms with Crippen molar-refractivity contribution in [3.8, 4) is 5.75 Å². The zero-order valence-corrected chi connectivity index (χ0v) is 13.4. The Kier molecular flexibility index (Phi) is 4.15. The van der Waals surface area contributed by atoms with Gasteiger partial charge >= 0.3 is 0 Å². The molecule has 0 aliphatic heterocycles. The van der Waals surface area contributed by atoms with Crippen molar-refractivity contribution in [3.05, 3.63) is 29.3 Å². The maximum absolute atomic E-state index is 6.36. The third-order valence-electron chi connectivity index (χ3n) is 4.78. The van der Waals surface area contributed by atoms with Crippen LogP contribution >= 0.6 is 11.6 Å². The molecule has 3 atom stereocenters. The average Bonchev–Trinajstić information content (AvgIpc) is 2.39. The van der Waals surface area contributed by atoms with Crippen LogP contribution in [0.3, 0.4) is 0 Å². The Hall–Kier alpha value is -0.690. The molecule has 106 valence electrons. The summed E-state index contributed by atoms with van der Waals surface area (Å²) in [6.07, 6.45) is 2.27. The van der Waals surface area contributed by atoms with Crippen LogP contribution in [-0.4, -0.2) is 11.5 Å². The molecule has 19 heavy (non-hydrogen) atoms. The minimum Gasteiger partial charge on any atom is -0.489 e. The van der Waals surface area contributed by atoms with Crippen molar-refractivity contribution in [1.29, 1.82) is 0 Å². The molecule has 1 fully saturated rings. The first kappa shape index (κ1) is 14.7. The van der Waals surface area contributed by atoms with Gasteiger partial charge in [0.25, 0.3) is 0 Å². The smallest absolute Gasteiger partial charge is 0.122 e. The molecule has 2 heteroatoms. The van der Waals surface area contributed by atoms with E-state index in [2.05, 4.69) is 52.8 Å². The highest BCUT2D eigenvalue weighted by atomic mass is 35.5. The lowest BCUT2D eigenvalue weighted by Gasteiger charge is -2.50. The summed E-state index contributed by atoms with van der Waals surface area (Å²) in [4.78, 5) is 0. The molecule has 1 aliphatic rings. The third-order valence-corrected chi connectivity index (χ3v) is 5.46. The van der Waals surface area contributed by atoms with E-state index in [-0.39, 0.29) is 16.9 Å². The van der Waals surface area contributed by atoms with E-state index in [9.17, 15) is 0 Å². The summed E-state index contributed by atoms with van der Waals surface area (Å²) in [5, 5.41) is 0.246. The lowest BCUT2D eigenvalue weighted by atomic mass is 9.65. The van der Waals surface area contributed by atoms with Crippen LogP contribution < -0.4 is 4.74 Å². The molecule has 3 unspecified atom stereocenters. The lowest BCUT2D eigenvalue weighted by Crippen LogP contribution is -2.55. The minimum atomic E-state index is 0.113. The van der Waals surface area contributed by atoms with Gasteiger partial charge in [-0.25, -0.2) is 0 Å². The SMILES string of the molecule is CCC1(C)C(Cl)CC1Oc1cc(C(C)C)ccc1C. The van der Waals surface area contributed by atoms with E-state index < -0.39 is 0 Å². The highest BCUT2D eigenvalue weighted by molar-refractivity contribution is 6.21. The van der Waals surface area contributed by atoms with Crippen LogP contribution in [0.5, 0.6) is 5.75 Å². The summed E-state index contributed by atoms with van der Waals surface area (Å²) in [6, 6.07) is 6.54. The Bertz CT molecular complexity index is 455. The summed E-state index contributed by atoms with van der Waals surface area (Å²) in [7, 11) is 0. The number of ether oxygens (including phenoxy) is 1. The number of halogens is 1. The predicted molar refractivity (Wildman–Crippen MR) is 82.3 cm³/mol. The maximum atomic E-state index is 6.36. The van der Waals surface area contributed by atoms with Gasteiger partial charge in [-0.3, -0.25) is 0 Å². The quantitative estimate of drug-likeness (QED) is 0.681. The number of alkyl halides is 1. The highest BCUT2D eigenvalue weighted by Crippen LogP contribution is 2.49. The number of rotatable bonds is 4. The first-order valence-electron chi connectivity index (χ1n) is 7.29. The molecular weight excluding hydrogens is 256 g/mol. The van der Waals surface area contributed by atoms with Crippen LogP contribution in [-0.2, 0) is 0 Å². The molecule has 1 aromatic carbocycles. The molecule has 1 aliphatic carbocycles. The van der Waals surface area contributed by atoms with Crippen molar-refractivity contribution in [2.75, 3.05) is 0 Å². The molecule has 1 aromatic rings. The Balaban J connectivity index is 2.18. The van der Waals surface area contributed by atoms with E-state index in [1.165, 1.54) is 11.1 Å². The second kappa shape index (κ2) is 5.36. The third kappa shape index (κ3) is 2.63. The molecule has 0 bridgehead atoms. The molecule has 0 aromatic heterocycles. The van der Waals surface area contributed by atoms with Gasteiger partial charge in [0, 0.05) is 17.2 Å². The summed E-state index contributed by atoms with van der Waals surface area (Å²) in [5.41, 5.74) is 2.66. The van der Waals surface area contributed by atoms with Gasteiger partial charge < -0.3 is 4.74 Å². The molecule has 1 saturated carbocycles. The number of benzene rings is 1. The van der Waals surface area contributed by atoms with Gasteiger partial charge in [0.05, 0.1) is 0 Å². The number of hydrogen-bond acceptors (Lipinski definition) is 1. The second-order valence-electron chi connectivity index (χ2n) is 6.35. The van der Waals surface area contributed by atoms with E-state index >= 15 is 0 Å². The zero-order valence-electron chi connectivity index (χ0n) is 12.7. The maximum Gasteiger partial charge on any atom is 0.122 e. The molecule has 0 amide bonds. The molecule has 2 rings (SSSR count). The van der Waals surface area contributed by atoms with Crippen molar-refractivity contribution in [2.24, 2.45) is 5.41 Å². The Labute approximate surface area is 122 Å². The van der Waals surface area contributed by atoms with Gasteiger partial charge in [-0.05, 0) is 36.5 Å². The largest absolute Gasteiger partial charge is 0.489 e. The average molecular weight is 281 g/mol. The van der Waals surface area contributed by atoms with Crippen LogP contribution in [0.2, 0.25) is 0 Å². The van der Waals surface area contributed by atoms with Crippen molar-refractivity contribution < 1.29 is 4.74 Å². The summed E-state index contributed by atoms with van der Waals surface area (Å²) >= 11 is 6.36. The minimum absolute atomic E-state index is 0.113. The van der Waals surface area contributed by atoms with Gasteiger partial charge in [0.1, 0.15) is 11.9 Å². The van der Waals surface area contributed by atoms with Crippen molar-refractivity contribution in [2.45, 2.75) is 64.9 Å². The number of aryl methyl sites for hydroxylation is 1. The summed E-state index contributed by atoms with van der Waals surface area (Å²) < 4.78 is 6.26. The van der Waals surface area contributed by atoms with Gasteiger partial charge in [0.2, 0.25) is 0 Å². The van der Waals surface area contributed by atoms with Gasteiger partial charge in [-0.2, -0.15) is 0 Å². The zero-order chi connectivity index (χ0) is 14.2. The van der Waals surface area contributed by atoms with E-state index in [0.717, 1.165) is 18.6 Å². The van der Waals surface area contributed by atoms with E-state index in [1.807, 2.05) is 0 Å². The van der Waals surface area contributed by atoms with Gasteiger partial charge in [-0.1, -0.05) is 39.8 Å². The monoisotopic (exact) mass is 280 g/mol. The first-order valence-corrected chi connectivity index (χ1v) is 7.73. The van der Waals surface area contributed by atoms with Crippen molar-refractivity contribution >= 4 is 11.6 Å². The highest BCUT2D eigenvalue weighted by Gasteiger charge is 2.51. The molecule has 1 nitrogen and oxygen atoms in total. The van der Waals surface area contributed by atoms with Gasteiger partial charge in [-0.15, -0.1) is 11.6 Å². The predicted octanol–water partition coefficient (Wildman–Crippen LogP) is 5.29. The van der Waals surface area contributed by atoms with Crippen molar-refractivity contribution in [1.82, 2.24) is 0 Å². The molecule has 0 saturated heterocycles.